The Morgan fingerprint density at radius 3 is 1.25 bits per heavy atom. The third-order valence-corrected chi connectivity index (χ3v) is 0. The SMILES string of the molecule is ONO.[KH]. The first-order valence-electron chi connectivity index (χ1n) is 0.447. The van der Waals surface area contributed by atoms with Crippen molar-refractivity contribution in [3.8, 4) is 0 Å². The Balaban J connectivity index is 0. The van der Waals surface area contributed by atoms with Gasteiger partial charge in [-0.25, -0.2) is 0 Å². The van der Waals surface area contributed by atoms with Crippen LogP contribution in [0.25, 0.3) is 0 Å². The summed E-state index contributed by atoms with van der Waals surface area (Å²) >= 11 is 0. The standard InChI is InChI=1S/K.H3NO2.H/c;2-1-3;/h;1-3H;. The van der Waals surface area contributed by atoms with E-state index in [4.69, 9.17) is 10.4 Å². The summed E-state index contributed by atoms with van der Waals surface area (Å²) in [7, 11) is 0. The van der Waals surface area contributed by atoms with E-state index in [9.17, 15) is 0 Å². The molecule has 0 bridgehead atoms. The van der Waals surface area contributed by atoms with Gasteiger partial charge in [-0.15, -0.1) is 0 Å². The molecule has 0 unspecified atom stereocenters. The number of rotatable bonds is 0. The Morgan fingerprint density at radius 2 is 1.25 bits per heavy atom. The van der Waals surface area contributed by atoms with E-state index in [0.717, 1.165) is 5.64 Å². The van der Waals surface area contributed by atoms with Crippen molar-refractivity contribution in [1.29, 1.82) is 0 Å². The Labute approximate surface area is 66.3 Å². The van der Waals surface area contributed by atoms with Crippen LogP contribution >= 0.6 is 0 Å². The van der Waals surface area contributed by atoms with E-state index in [1.807, 2.05) is 0 Å². The summed E-state index contributed by atoms with van der Waals surface area (Å²) in [6.45, 7) is 0. The number of hydrogen-bond acceptors (Lipinski definition) is 3. The molecule has 0 spiro atoms. The average Bonchev–Trinajstić information content (AvgIpc) is 0.918. The van der Waals surface area contributed by atoms with Crippen LogP contribution in [0, 0.1) is 0 Å². The van der Waals surface area contributed by atoms with Gasteiger partial charge >= 0.3 is 51.4 Å². The van der Waals surface area contributed by atoms with E-state index in [1.54, 1.807) is 0 Å². The molecule has 0 heterocycles. The first-order valence-corrected chi connectivity index (χ1v) is 0.447. The first kappa shape index (κ1) is 9.10. The molecule has 4 heteroatoms. The molecule has 0 atom stereocenters. The van der Waals surface area contributed by atoms with Gasteiger partial charge in [0.2, 0.25) is 0 Å². The van der Waals surface area contributed by atoms with Crippen molar-refractivity contribution in [3.63, 3.8) is 0 Å². The summed E-state index contributed by atoms with van der Waals surface area (Å²) in [6.07, 6.45) is 0. The molecule has 0 saturated heterocycles. The first-order chi connectivity index (χ1) is 1.41. The number of hydrogen-bond donors (Lipinski definition) is 3. The number of nitrogens with one attached hydrogen (secondary N) is 1. The predicted molar refractivity (Wildman–Crippen MR) is 13.9 cm³/mol. The van der Waals surface area contributed by atoms with Crippen molar-refractivity contribution >= 4 is 51.4 Å². The summed E-state index contributed by atoms with van der Waals surface area (Å²) < 4.78 is 0. The van der Waals surface area contributed by atoms with Crippen molar-refractivity contribution in [2.75, 3.05) is 0 Å². The zero-order valence-corrected chi connectivity index (χ0v) is 1.39. The molecule has 0 amide bonds. The molecule has 0 saturated carbocycles. The van der Waals surface area contributed by atoms with E-state index < -0.39 is 0 Å². The molecule has 0 aliphatic heterocycles. The van der Waals surface area contributed by atoms with Crippen molar-refractivity contribution in [1.82, 2.24) is 5.64 Å². The molecule has 3 nitrogen and oxygen atoms in total. The van der Waals surface area contributed by atoms with Gasteiger partial charge in [0.1, 0.15) is 0 Å². The van der Waals surface area contributed by atoms with Gasteiger partial charge in [0.25, 0.3) is 0 Å². The van der Waals surface area contributed by atoms with E-state index in [2.05, 4.69) is 0 Å². The Hall–Kier alpha value is 1.52. The Morgan fingerprint density at radius 1 is 1.25 bits per heavy atom. The van der Waals surface area contributed by atoms with Crippen LogP contribution in [-0.4, -0.2) is 61.8 Å². The Kier molecular flexibility index (Phi) is 20.1. The van der Waals surface area contributed by atoms with Crippen molar-refractivity contribution < 1.29 is 10.4 Å². The predicted octanol–water partition coefficient (Wildman–Crippen LogP) is -1.29. The summed E-state index contributed by atoms with van der Waals surface area (Å²) in [6, 6.07) is 0. The molecule has 0 fully saturated rings. The third kappa shape index (κ3) is 9.68. The molecule has 0 rings (SSSR count). The monoisotopic (exact) mass is 89.0 g/mol. The maximum absolute atomic E-state index is 6.88. The van der Waals surface area contributed by atoms with Crippen LogP contribution in [0.15, 0.2) is 0 Å². The maximum atomic E-state index is 6.88. The van der Waals surface area contributed by atoms with Gasteiger partial charge in [-0.3, -0.25) is 10.4 Å². The summed E-state index contributed by atoms with van der Waals surface area (Å²) in [5, 5.41) is 13.8. The topological polar surface area (TPSA) is 52.5 Å². The minimum atomic E-state index is 0. The second-order valence-corrected chi connectivity index (χ2v) is 0.100. The van der Waals surface area contributed by atoms with Crippen LogP contribution in [0.5, 0.6) is 0 Å². The van der Waals surface area contributed by atoms with Gasteiger partial charge in [-0.1, -0.05) is 5.64 Å². The zero-order valence-electron chi connectivity index (χ0n) is 1.39. The van der Waals surface area contributed by atoms with Crippen LogP contribution in [-0.2, 0) is 0 Å². The van der Waals surface area contributed by atoms with Crippen molar-refractivity contribution in [2.24, 2.45) is 0 Å². The average molecular weight is 89.1 g/mol. The molecule has 3 N–H and O–H groups in total. The van der Waals surface area contributed by atoms with Gasteiger partial charge in [-0.05, 0) is 0 Å². The fraction of sp³-hybridized carbons (Fsp3) is 0. The molecular formula is H4KNO2. The fourth-order valence-corrected chi connectivity index (χ4v) is 0. The van der Waals surface area contributed by atoms with Gasteiger partial charge in [0.15, 0.2) is 0 Å². The second kappa shape index (κ2) is 8.82. The second-order valence-electron chi connectivity index (χ2n) is 0.100. The molecule has 4 heavy (non-hydrogen) atoms. The van der Waals surface area contributed by atoms with E-state index in [-0.39, 0.29) is 51.4 Å². The summed E-state index contributed by atoms with van der Waals surface area (Å²) in [5.41, 5.74) is 0.750. The third-order valence-electron chi connectivity index (χ3n) is 0. The van der Waals surface area contributed by atoms with Gasteiger partial charge in [0.05, 0.1) is 0 Å². The molecule has 0 aliphatic rings. The van der Waals surface area contributed by atoms with Crippen molar-refractivity contribution in [2.45, 2.75) is 0 Å². The molecule has 22 valence electrons. The molecule has 0 aromatic rings. The van der Waals surface area contributed by atoms with E-state index >= 15 is 0 Å². The normalized spacial score (nSPS) is 4.50. The quantitative estimate of drug-likeness (QED) is 0.255. The van der Waals surface area contributed by atoms with E-state index in [0.29, 0.717) is 0 Å². The summed E-state index contributed by atoms with van der Waals surface area (Å²) in [5.74, 6) is 0. The zero-order chi connectivity index (χ0) is 2.71. The van der Waals surface area contributed by atoms with E-state index in [1.165, 1.54) is 0 Å². The van der Waals surface area contributed by atoms with Crippen LogP contribution in [0.3, 0.4) is 0 Å². The Bertz CT molecular complexity index is 6.00. The van der Waals surface area contributed by atoms with Gasteiger partial charge in [-0.2, -0.15) is 0 Å². The molecule has 0 aromatic heterocycles. The molecule has 0 radical (unpaired) electrons. The van der Waals surface area contributed by atoms with Gasteiger partial charge < -0.3 is 0 Å². The van der Waals surface area contributed by atoms with Gasteiger partial charge in [0, 0.05) is 0 Å². The van der Waals surface area contributed by atoms with Crippen LogP contribution in [0.2, 0.25) is 0 Å². The van der Waals surface area contributed by atoms with Crippen LogP contribution in [0.4, 0.5) is 0 Å². The molecule has 0 aliphatic carbocycles. The van der Waals surface area contributed by atoms with Crippen LogP contribution in [0.1, 0.15) is 0 Å². The minimum absolute atomic E-state index is 0. The molecule has 0 aromatic carbocycles. The summed E-state index contributed by atoms with van der Waals surface area (Å²) in [4.78, 5) is 0. The van der Waals surface area contributed by atoms with Crippen LogP contribution < -0.4 is 5.64 Å². The molecular weight excluding hydrogens is 85.1 g/mol. The fourth-order valence-electron chi connectivity index (χ4n) is 0. The van der Waals surface area contributed by atoms with Crippen molar-refractivity contribution in [3.05, 3.63) is 0 Å².